The van der Waals surface area contributed by atoms with Crippen LogP contribution < -0.4 is 21.3 Å². The third-order valence-corrected chi connectivity index (χ3v) is 6.81. The van der Waals surface area contributed by atoms with Crippen molar-refractivity contribution in [1.82, 2.24) is 30.2 Å². The predicted octanol–water partition coefficient (Wildman–Crippen LogP) is 2.55. The molecule has 4 aromatic rings. The average molecular weight is 479 g/mol. The Morgan fingerprint density at radius 3 is 2.90 bits per heavy atom. The number of hydrogen-bond acceptors (Lipinski definition) is 6. The maximum Gasteiger partial charge on any atom is 0.315 e. The Hall–Kier alpha value is -3.40. The van der Waals surface area contributed by atoms with E-state index in [1.165, 1.54) is 0 Å². The number of rotatable bonds is 2. The average Bonchev–Trinajstić information content (AvgIpc) is 3.38. The fourth-order valence-corrected chi connectivity index (χ4v) is 4.96. The van der Waals surface area contributed by atoms with E-state index in [0.717, 1.165) is 40.8 Å². The van der Waals surface area contributed by atoms with Gasteiger partial charge in [0.05, 0.1) is 23.8 Å². The topological polar surface area (TPSA) is 113 Å². The molecule has 2 fully saturated rings. The molecule has 2 atom stereocenters. The summed E-state index contributed by atoms with van der Waals surface area (Å²) in [5, 5.41) is 11.5. The van der Waals surface area contributed by atoms with E-state index >= 15 is 0 Å². The van der Waals surface area contributed by atoms with Crippen molar-refractivity contribution >= 4 is 50.1 Å². The molecular formula is C21H19BrN8O. The monoisotopic (exact) mass is 478 g/mol. The van der Waals surface area contributed by atoms with Crippen molar-refractivity contribution in [3.63, 3.8) is 0 Å². The van der Waals surface area contributed by atoms with Crippen molar-refractivity contribution < 1.29 is 4.79 Å². The number of hydrogen-bond donors (Lipinski definition) is 3. The number of piperidine rings is 1. The third kappa shape index (κ3) is 2.89. The van der Waals surface area contributed by atoms with E-state index in [1.807, 2.05) is 30.5 Å². The van der Waals surface area contributed by atoms with Crippen LogP contribution in [0.5, 0.6) is 0 Å². The van der Waals surface area contributed by atoms with Crippen molar-refractivity contribution in [1.29, 1.82) is 0 Å². The van der Waals surface area contributed by atoms with Gasteiger partial charge in [-0.05, 0) is 34.5 Å². The first-order valence-corrected chi connectivity index (χ1v) is 10.9. The number of amides is 2. The second-order valence-corrected chi connectivity index (χ2v) is 8.70. The number of nitrogen functional groups attached to an aromatic ring is 1. The number of nitrogens with two attached hydrogens (primary N) is 1. The SMILES string of the molecule is Nc1c(Br)c(N2CC[C@@H]3NC(=O)N[C@@H]3C2)nc2c(-c3cnc4ccccc4c3)cnn12. The smallest absolute Gasteiger partial charge is 0.315 e. The summed E-state index contributed by atoms with van der Waals surface area (Å²) >= 11 is 3.61. The predicted molar refractivity (Wildman–Crippen MR) is 122 cm³/mol. The summed E-state index contributed by atoms with van der Waals surface area (Å²) in [5.74, 6) is 1.23. The van der Waals surface area contributed by atoms with Gasteiger partial charge in [0.2, 0.25) is 0 Å². The molecule has 1 aromatic carbocycles. The molecular weight excluding hydrogens is 460 g/mol. The van der Waals surface area contributed by atoms with E-state index in [4.69, 9.17) is 10.7 Å². The van der Waals surface area contributed by atoms with Gasteiger partial charge in [-0.1, -0.05) is 18.2 Å². The molecule has 10 heteroatoms. The van der Waals surface area contributed by atoms with Crippen LogP contribution in [-0.4, -0.2) is 50.8 Å². The molecule has 0 spiro atoms. The van der Waals surface area contributed by atoms with Crippen LogP contribution >= 0.6 is 15.9 Å². The number of benzene rings is 1. The van der Waals surface area contributed by atoms with Gasteiger partial charge < -0.3 is 21.3 Å². The van der Waals surface area contributed by atoms with Gasteiger partial charge in [0.15, 0.2) is 5.65 Å². The number of carbonyl (C=O) groups excluding carboxylic acids is 1. The zero-order valence-corrected chi connectivity index (χ0v) is 18.0. The molecule has 2 saturated heterocycles. The molecule has 4 N–H and O–H groups in total. The number of halogens is 1. The van der Waals surface area contributed by atoms with Gasteiger partial charge in [0.1, 0.15) is 16.1 Å². The molecule has 0 unspecified atom stereocenters. The normalized spacial score (nSPS) is 20.7. The summed E-state index contributed by atoms with van der Waals surface area (Å²) in [6.07, 6.45) is 4.45. The first kappa shape index (κ1) is 18.4. The summed E-state index contributed by atoms with van der Waals surface area (Å²) in [6, 6.07) is 10.2. The van der Waals surface area contributed by atoms with E-state index in [2.05, 4.69) is 47.6 Å². The number of nitrogens with one attached hydrogen (secondary N) is 2. The van der Waals surface area contributed by atoms with Gasteiger partial charge in [-0.25, -0.2) is 9.78 Å². The Morgan fingerprint density at radius 1 is 1.16 bits per heavy atom. The van der Waals surface area contributed by atoms with Gasteiger partial charge in [-0.2, -0.15) is 9.61 Å². The summed E-state index contributed by atoms with van der Waals surface area (Å²) in [6.45, 7) is 1.43. The summed E-state index contributed by atoms with van der Waals surface area (Å²) in [7, 11) is 0. The third-order valence-electron chi connectivity index (χ3n) is 6.05. The molecule has 6 rings (SSSR count). The van der Waals surface area contributed by atoms with Crippen LogP contribution in [0.1, 0.15) is 6.42 Å². The van der Waals surface area contributed by atoms with E-state index < -0.39 is 0 Å². The van der Waals surface area contributed by atoms with E-state index in [9.17, 15) is 4.79 Å². The fraction of sp³-hybridized carbons (Fsp3) is 0.238. The summed E-state index contributed by atoms with van der Waals surface area (Å²) in [4.78, 5) is 23.4. The highest BCUT2D eigenvalue weighted by molar-refractivity contribution is 9.10. The first-order chi connectivity index (χ1) is 15.1. The molecule has 9 nitrogen and oxygen atoms in total. The molecule has 0 saturated carbocycles. The van der Waals surface area contributed by atoms with Gasteiger partial charge in [0.25, 0.3) is 0 Å². The van der Waals surface area contributed by atoms with Crippen molar-refractivity contribution in [2.45, 2.75) is 18.5 Å². The van der Waals surface area contributed by atoms with Crippen molar-refractivity contribution in [2.24, 2.45) is 0 Å². The highest BCUT2D eigenvalue weighted by atomic mass is 79.9. The number of fused-ring (bicyclic) bond motifs is 3. The van der Waals surface area contributed by atoms with E-state index in [1.54, 1.807) is 10.7 Å². The Morgan fingerprint density at radius 2 is 2.00 bits per heavy atom. The fourth-order valence-electron chi connectivity index (χ4n) is 4.46. The van der Waals surface area contributed by atoms with Crippen LogP contribution in [0.2, 0.25) is 0 Å². The molecule has 2 aliphatic heterocycles. The highest BCUT2D eigenvalue weighted by Crippen LogP contribution is 2.35. The van der Waals surface area contributed by atoms with Crippen LogP contribution in [0.25, 0.3) is 27.7 Å². The lowest BCUT2D eigenvalue weighted by Crippen LogP contribution is -2.51. The van der Waals surface area contributed by atoms with Crippen LogP contribution in [0, 0.1) is 0 Å². The van der Waals surface area contributed by atoms with Gasteiger partial charge in [-0.3, -0.25) is 4.98 Å². The van der Waals surface area contributed by atoms with Crippen LogP contribution in [-0.2, 0) is 0 Å². The second kappa shape index (κ2) is 6.81. The van der Waals surface area contributed by atoms with Gasteiger partial charge >= 0.3 is 6.03 Å². The number of para-hydroxylation sites is 1. The lowest BCUT2D eigenvalue weighted by Gasteiger charge is -2.35. The van der Waals surface area contributed by atoms with E-state index in [0.29, 0.717) is 22.5 Å². The molecule has 0 bridgehead atoms. The van der Waals surface area contributed by atoms with Crippen molar-refractivity contribution in [2.75, 3.05) is 23.7 Å². The molecule has 0 aliphatic carbocycles. The molecule has 31 heavy (non-hydrogen) atoms. The number of anilines is 2. The number of nitrogens with zero attached hydrogens (tertiary/aromatic N) is 5. The molecule has 2 aliphatic rings. The lowest BCUT2D eigenvalue weighted by atomic mass is 10.0. The van der Waals surface area contributed by atoms with Gasteiger partial charge in [-0.15, -0.1) is 0 Å². The standard InChI is InChI=1S/C21H19BrN8O/c22-17-18(23)30-19(28-20(17)29-6-5-15-16(10-29)27-21(31)26-15)13(9-25-30)12-7-11-3-1-2-4-14(11)24-8-12/h1-4,7-9,15-16H,5-6,10,23H2,(H2,26,27,31)/t15-,16+/m0/s1. The number of aromatic nitrogens is 4. The Kier molecular flexibility index (Phi) is 4.04. The van der Waals surface area contributed by atoms with Crippen LogP contribution in [0.3, 0.4) is 0 Å². The number of pyridine rings is 1. The number of carbonyl (C=O) groups is 1. The molecule has 156 valence electrons. The van der Waals surface area contributed by atoms with Crippen LogP contribution in [0.4, 0.5) is 16.4 Å². The first-order valence-electron chi connectivity index (χ1n) is 10.1. The molecule has 0 radical (unpaired) electrons. The van der Waals surface area contributed by atoms with Crippen molar-refractivity contribution in [3.8, 4) is 11.1 Å². The molecule has 2 amide bonds. The second-order valence-electron chi connectivity index (χ2n) is 7.91. The Bertz CT molecular complexity index is 1350. The summed E-state index contributed by atoms with van der Waals surface area (Å²) in [5.41, 5.74) is 9.83. The minimum absolute atomic E-state index is 0.0430. The lowest BCUT2D eigenvalue weighted by molar-refractivity contribution is 0.247. The Balaban J connectivity index is 1.45. The Labute approximate surface area is 185 Å². The molecule has 3 aromatic heterocycles. The highest BCUT2D eigenvalue weighted by Gasteiger charge is 2.37. The minimum atomic E-state index is -0.110. The maximum absolute atomic E-state index is 11.7. The quantitative estimate of drug-likeness (QED) is 0.407. The zero-order chi connectivity index (χ0) is 21.1. The van der Waals surface area contributed by atoms with Crippen LogP contribution in [0.15, 0.2) is 47.2 Å². The largest absolute Gasteiger partial charge is 0.383 e. The number of urea groups is 1. The maximum atomic E-state index is 11.7. The molecule has 5 heterocycles. The van der Waals surface area contributed by atoms with Crippen molar-refractivity contribution in [3.05, 3.63) is 47.2 Å². The zero-order valence-electron chi connectivity index (χ0n) is 16.4. The van der Waals surface area contributed by atoms with E-state index in [-0.39, 0.29) is 18.1 Å². The summed E-state index contributed by atoms with van der Waals surface area (Å²) < 4.78 is 2.34. The minimum Gasteiger partial charge on any atom is -0.383 e. The van der Waals surface area contributed by atoms with Gasteiger partial charge in [0, 0.05) is 35.8 Å².